The maximum atomic E-state index is 13.5. The molecular weight excluding hydrogens is 965 g/mol. The second-order valence-corrected chi connectivity index (χ2v) is 18.7. The number of nitriles is 1. The number of aromatic amines is 2. The SMILES string of the molecule is COc1cccc2[nH]c(C(=O)N[C@H](C(=O)N[C@@H](C[C@@H]3CCNC3=O)C(N)=O)[C@@H]3Cc4ccccc4O3)cc12.COc1cccc2[nH]c(C(=O)N[C@H](C(=O)N[C@H](C#N)C[C@@H]3CCNC3=O)[C@@H]3Cc4ccccc4O3)cc12. The van der Waals surface area contributed by atoms with Gasteiger partial charge in [0.2, 0.25) is 29.5 Å². The molecule has 10 rings (SSSR count). The molecule has 75 heavy (non-hydrogen) atoms. The molecule has 2 fully saturated rings. The molecule has 10 N–H and O–H groups in total. The number of hydrogen-bond donors (Lipinski definition) is 9. The first-order valence-electron chi connectivity index (χ1n) is 24.6. The Labute approximate surface area is 429 Å². The van der Waals surface area contributed by atoms with E-state index in [9.17, 15) is 38.8 Å². The smallest absolute Gasteiger partial charge is 0.268 e. The predicted octanol–water partition coefficient (Wildman–Crippen LogP) is 2.59. The average Bonchev–Trinajstić information content (AvgIpc) is 4.30. The van der Waals surface area contributed by atoms with Crippen LogP contribution >= 0.6 is 0 Å². The van der Waals surface area contributed by atoms with Crippen molar-refractivity contribution in [3.8, 4) is 29.1 Å². The van der Waals surface area contributed by atoms with E-state index in [1.807, 2.05) is 60.7 Å². The summed E-state index contributed by atoms with van der Waals surface area (Å²) in [5.74, 6) is -1.58. The minimum Gasteiger partial charge on any atom is -0.496 e. The number of fused-ring (bicyclic) bond motifs is 4. The number of amides is 7. The van der Waals surface area contributed by atoms with Crippen LogP contribution in [0.3, 0.4) is 0 Å². The summed E-state index contributed by atoms with van der Waals surface area (Å²) in [6, 6.07) is 26.8. The lowest BCUT2D eigenvalue weighted by atomic mass is 9.97. The van der Waals surface area contributed by atoms with Crippen molar-refractivity contribution in [3.05, 3.63) is 120 Å². The van der Waals surface area contributed by atoms with E-state index >= 15 is 0 Å². The first-order chi connectivity index (χ1) is 36.3. The lowest BCUT2D eigenvalue weighted by molar-refractivity contribution is -0.131. The number of carbonyl (C=O) groups is 7. The number of carbonyl (C=O) groups excluding carboxylic acids is 7. The summed E-state index contributed by atoms with van der Waals surface area (Å²) in [4.78, 5) is 96.0. The van der Waals surface area contributed by atoms with E-state index in [2.05, 4.69) is 47.9 Å². The number of ether oxygens (including phenoxy) is 4. The highest BCUT2D eigenvalue weighted by Gasteiger charge is 2.41. The van der Waals surface area contributed by atoms with Crippen LogP contribution in [0, 0.1) is 23.2 Å². The van der Waals surface area contributed by atoms with Gasteiger partial charge < -0.3 is 66.5 Å². The second kappa shape index (κ2) is 22.4. The number of H-pyrrole nitrogens is 2. The molecule has 0 saturated carbocycles. The molecule has 0 radical (unpaired) electrons. The summed E-state index contributed by atoms with van der Waals surface area (Å²) in [6.07, 6.45) is 0.816. The van der Waals surface area contributed by atoms with E-state index in [4.69, 9.17) is 24.7 Å². The fraction of sp³-hybridized carbons (Fsp3) is 0.333. The third kappa shape index (κ3) is 11.3. The Bertz CT molecular complexity index is 3170. The van der Waals surface area contributed by atoms with Crippen molar-refractivity contribution >= 4 is 63.2 Å². The van der Waals surface area contributed by atoms with E-state index in [1.54, 1.807) is 50.6 Å². The Morgan fingerprint density at radius 2 is 1.12 bits per heavy atom. The van der Waals surface area contributed by atoms with Gasteiger partial charge in [0, 0.05) is 59.6 Å². The van der Waals surface area contributed by atoms with E-state index in [-0.39, 0.29) is 42.0 Å². The molecule has 0 spiro atoms. The number of nitrogens with one attached hydrogen (secondary N) is 8. The normalized spacial score (nSPS) is 19.7. The number of para-hydroxylation sites is 2. The Kier molecular flexibility index (Phi) is 15.2. The third-order valence-electron chi connectivity index (χ3n) is 13.9. The van der Waals surface area contributed by atoms with Crippen LogP contribution in [-0.4, -0.2) is 115 Å². The highest BCUT2D eigenvalue weighted by molar-refractivity contribution is 6.03. The molecule has 6 heterocycles. The molecule has 2 saturated heterocycles. The summed E-state index contributed by atoms with van der Waals surface area (Å²) in [6.45, 7) is 1.06. The largest absolute Gasteiger partial charge is 0.496 e. The maximum Gasteiger partial charge on any atom is 0.268 e. The van der Waals surface area contributed by atoms with Crippen LogP contribution in [0.25, 0.3) is 21.8 Å². The molecule has 0 aliphatic carbocycles. The van der Waals surface area contributed by atoms with Crippen LogP contribution in [0.2, 0.25) is 0 Å². The fourth-order valence-electron chi connectivity index (χ4n) is 9.96. The van der Waals surface area contributed by atoms with Crippen LogP contribution in [0.5, 0.6) is 23.0 Å². The van der Waals surface area contributed by atoms with Crippen molar-refractivity contribution in [2.24, 2.45) is 17.6 Å². The van der Waals surface area contributed by atoms with Gasteiger partial charge in [-0.3, -0.25) is 33.6 Å². The minimum atomic E-state index is -1.15. The molecule has 0 bridgehead atoms. The molecule has 21 nitrogen and oxygen atoms in total. The Balaban J connectivity index is 0.000000184. The monoisotopic (exact) mass is 1020 g/mol. The second-order valence-electron chi connectivity index (χ2n) is 18.7. The first-order valence-corrected chi connectivity index (χ1v) is 24.6. The van der Waals surface area contributed by atoms with E-state index < -0.39 is 71.8 Å². The van der Waals surface area contributed by atoms with E-state index in [0.29, 0.717) is 72.7 Å². The number of hydrogen-bond acceptors (Lipinski definition) is 12. The number of benzene rings is 4. The molecule has 4 aliphatic heterocycles. The Morgan fingerprint density at radius 1 is 0.653 bits per heavy atom. The van der Waals surface area contributed by atoms with Gasteiger partial charge in [-0.15, -0.1) is 0 Å². The molecular formula is C54H56N10O11. The van der Waals surface area contributed by atoms with E-state index in [0.717, 1.165) is 22.0 Å². The maximum absolute atomic E-state index is 13.5. The Morgan fingerprint density at radius 3 is 1.55 bits per heavy atom. The number of primary amides is 1. The summed E-state index contributed by atoms with van der Waals surface area (Å²) in [5, 5.41) is 27.5. The van der Waals surface area contributed by atoms with Crippen molar-refractivity contribution in [2.45, 2.75) is 74.9 Å². The zero-order valence-electron chi connectivity index (χ0n) is 41.0. The fourth-order valence-corrected chi connectivity index (χ4v) is 9.96. The van der Waals surface area contributed by atoms with Crippen molar-refractivity contribution in [1.29, 1.82) is 5.26 Å². The zero-order chi connectivity index (χ0) is 52.8. The molecule has 2 aromatic heterocycles. The van der Waals surface area contributed by atoms with Gasteiger partial charge in [-0.25, -0.2) is 0 Å². The topological polar surface area (TPSA) is 310 Å². The number of nitrogens with two attached hydrogens (primary N) is 1. The molecule has 21 heteroatoms. The van der Waals surface area contributed by atoms with Crippen molar-refractivity contribution in [1.82, 2.24) is 41.9 Å². The van der Waals surface area contributed by atoms with Crippen LogP contribution in [0.15, 0.2) is 97.1 Å². The molecule has 0 unspecified atom stereocenters. The van der Waals surface area contributed by atoms with Crippen LogP contribution < -0.4 is 56.6 Å². The third-order valence-corrected chi connectivity index (χ3v) is 13.9. The van der Waals surface area contributed by atoms with Gasteiger partial charge in [0.1, 0.15) is 70.8 Å². The van der Waals surface area contributed by atoms with Gasteiger partial charge in [-0.05, 0) is 85.3 Å². The lowest BCUT2D eigenvalue weighted by Gasteiger charge is -2.26. The van der Waals surface area contributed by atoms with Gasteiger partial charge in [-0.2, -0.15) is 5.26 Å². The first kappa shape index (κ1) is 50.9. The minimum absolute atomic E-state index is 0.0706. The number of rotatable bonds is 17. The average molecular weight is 1020 g/mol. The predicted molar refractivity (Wildman–Crippen MR) is 271 cm³/mol. The van der Waals surface area contributed by atoms with E-state index in [1.165, 1.54) is 0 Å². The van der Waals surface area contributed by atoms with Gasteiger partial charge in [-0.1, -0.05) is 48.5 Å². The molecule has 4 aromatic carbocycles. The number of aromatic nitrogens is 2. The quantitative estimate of drug-likeness (QED) is 0.0637. The molecule has 4 aliphatic rings. The van der Waals surface area contributed by atoms with Crippen molar-refractivity contribution < 1.29 is 52.5 Å². The summed E-state index contributed by atoms with van der Waals surface area (Å²) in [5.41, 5.74) is 9.30. The van der Waals surface area contributed by atoms with Crippen LogP contribution in [0.4, 0.5) is 0 Å². The van der Waals surface area contributed by atoms with Crippen molar-refractivity contribution in [2.75, 3.05) is 27.3 Å². The zero-order valence-corrected chi connectivity index (χ0v) is 41.0. The lowest BCUT2D eigenvalue weighted by Crippen LogP contribution is -2.58. The van der Waals surface area contributed by atoms with Crippen molar-refractivity contribution in [3.63, 3.8) is 0 Å². The summed E-state index contributed by atoms with van der Waals surface area (Å²) >= 11 is 0. The van der Waals surface area contributed by atoms with Gasteiger partial charge in [0.15, 0.2) is 0 Å². The number of nitrogens with zero attached hydrogens (tertiary/aromatic N) is 1. The highest BCUT2D eigenvalue weighted by Crippen LogP contribution is 2.33. The molecule has 8 atom stereocenters. The van der Waals surface area contributed by atoms with Gasteiger partial charge >= 0.3 is 0 Å². The summed E-state index contributed by atoms with van der Waals surface area (Å²) < 4.78 is 22.8. The Hall–Kier alpha value is -9.06. The molecule has 388 valence electrons. The molecule has 6 aromatic rings. The molecule has 7 amide bonds. The highest BCUT2D eigenvalue weighted by atomic mass is 16.5. The standard InChI is InChI=1S/C27H29N5O6.C27H27N5O5/c1-37-21-8-4-6-17-16(21)13-19(30-17)26(35)32-23(22-12-14-5-2-3-7-20(14)38-22)27(36)31-18(24(28)33)11-15-9-10-29-25(15)34;1-36-22-8-4-6-19-18(22)13-20(31-19)26(34)32-24(23-12-15-5-2-3-7-21(15)37-23)27(35)30-17(14-28)11-16-9-10-29-25(16)33/h2-8,13,15,18,22-23,30H,9-12H2,1H3,(H2,28,33)(H,29,34)(H,31,36)(H,32,35);2-8,13,16-17,23-24,31H,9-12H2,1H3,(H,29,33)(H,30,35)(H,32,34)/t15-,18-,22-,23-;16-,17-,23-,24-/m00/s1. The van der Waals surface area contributed by atoms with Gasteiger partial charge in [0.05, 0.1) is 20.3 Å². The van der Waals surface area contributed by atoms with Gasteiger partial charge in [0.25, 0.3) is 11.8 Å². The summed E-state index contributed by atoms with van der Waals surface area (Å²) in [7, 11) is 3.10. The van der Waals surface area contributed by atoms with Crippen LogP contribution in [0.1, 0.15) is 57.8 Å². The number of methoxy groups -OCH3 is 2. The van der Waals surface area contributed by atoms with Crippen LogP contribution in [-0.2, 0) is 36.8 Å².